The fourth-order valence-electron chi connectivity index (χ4n) is 2.70. The van der Waals surface area contributed by atoms with Crippen LogP contribution in [0.15, 0.2) is 41.6 Å². The highest BCUT2D eigenvalue weighted by atomic mass is 16.5. The van der Waals surface area contributed by atoms with Crippen molar-refractivity contribution < 1.29 is 19.0 Å². The zero-order valence-corrected chi connectivity index (χ0v) is 16.0. The minimum atomic E-state index is -0.406. The van der Waals surface area contributed by atoms with Gasteiger partial charge in [-0.3, -0.25) is 9.89 Å². The van der Waals surface area contributed by atoms with Gasteiger partial charge in [0.15, 0.2) is 11.5 Å². The number of hydrogen-bond donors (Lipinski definition) is 2. The number of amides is 1. The summed E-state index contributed by atoms with van der Waals surface area (Å²) in [6.07, 6.45) is 3.39. The van der Waals surface area contributed by atoms with Crippen LogP contribution in [-0.2, 0) is 7.05 Å². The number of H-pyrrole nitrogens is 1. The van der Waals surface area contributed by atoms with E-state index in [1.54, 1.807) is 18.2 Å². The fourth-order valence-corrected chi connectivity index (χ4v) is 2.70. The minimum absolute atomic E-state index is 0.304. The summed E-state index contributed by atoms with van der Waals surface area (Å²) in [5.41, 5.74) is 5.01. The first-order valence-corrected chi connectivity index (χ1v) is 8.38. The van der Waals surface area contributed by atoms with Crippen LogP contribution in [0.4, 0.5) is 0 Å². The van der Waals surface area contributed by atoms with E-state index >= 15 is 0 Å². The zero-order valence-electron chi connectivity index (χ0n) is 16.0. The van der Waals surface area contributed by atoms with Crippen molar-refractivity contribution >= 4 is 12.1 Å². The molecule has 0 saturated carbocycles. The highest BCUT2D eigenvalue weighted by Gasteiger charge is 2.13. The zero-order chi connectivity index (χ0) is 20.1. The topological polar surface area (TPSA) is 103 Å². The van der Waals surface area contributed by atoms with Gasteiger partial charge in [0.25, 0.3) is 5.91 Å². The van der Waals surface area contributed by atoms with Crippen LogP contribution in [0, 0.1) is 0 Å². The van der Waals surface area contributed by atoms with E-state index in [2.05, 4.69) is 20.7 Å². The van der Waals surface area contributed by atoms with Crippen molar-refractivity contribution in [3.05, 3.63) is 47.8 Å². The molecule has 28 heavy (non-hydrogen) atoms. The molecule has 9 heteroatoms. The lowest BCUT2D eigenvalue weighted by atomic mass is 10.2. The SMILES string of the molecule is COc1cc(/C=N\NC(=O)c2cc(-c3cccn3C)n[nH]2)cc(OC)c1OC. The number of nitrogens with zero attached hydrogens (tertiary/aromatic N) is 3. The standard InChI is InChI=1S/C19H21N5O4/c1-24-7-5-6-15(24)13-10-14(22-21-13)19(25)23-20-11-12-8-16(26-2)18(28-4)17(9-12)27-3/h5-11H,1-4H3,(H,21,22)(H,23,25)/b20-11-. The van der Waals surface area contributed by atoms with Crippen molar-refractivity contribution in [3.8, 4) is 28.6 Å². The van der Waals surface area contributed by atoms with E-state index in [1.807, 2.05) is 29.9 Å². The maximum Gasteiger partial charge on any atom is 0.289 e. The smallest absolute Gasteiger partial charge is 0.289 e. The lowest BCUT2D eigenvalue weighted by Gasteiger charge is -2.12. The molecule has 0 aliphatic rings. The summed E-state index contributed by atoms with van der Waals surface area (Å²) < 4.78 is 17.8. The lowest BCUT2D eigenvalue weighted by Crippen LogP contribution is -2.18. The maximum absolute atomic E-state index is 12.3. The molecule has 0 fully saturated rings. The molecule has 0 aliphatic carbocycles. The van der Waals surface area contributed by atoms with Gasteiger partial charge >= 0.3 is 0 Å². The van der Waals surface area contributed by atoms with Crippen LogP contribution in [0.25, 0.3) is 11.4 Å². The van der Waals surface area contributed by atoms with Crippen molar-refractivity contribution in [2.24, 2.45) is 12.1 Å². The summed E-state index contributed by atoms with van der Waals surface area (Å²) in [5, 5.41) is 10.9. The van der Waals surface area contributed by atoms with E-state index in [4.69, 9.17) is 14.2 Å². The third-order valence-corrected chi connectivity index (χ3v) is 4.10. The molecular formula is C19H21N5O4. The first-order valence-electron chi connectivity index (χ1n) is 8.38. The number of aromatic amines is 1. The molecule has 1 aromatic carbocycles. The Morgan fingerprint density at radius 3 is 2.46 bits per heavy atom. The summed E-state index contributed by atoms with van der Waals surface area (Å²) in [7, 11) is 6.50. The monoisotopic (exact) mass is 383 g/mol. The summed E-state index contributed by atoms with van der Waals surface area (Å²) in [6, 6.07) is 8.94. The molecule has 0 saturated heterocycles. The largest absolute Gasteiger partial charge is 0.493 e. The Bertz CT molecular complexity index is 980. The number of ether oxygens (including phenoxy) is 3. The number of carbonyl (C=O) groups is 1. The van der Waals surface area contributed by atoms with Gasteiger partial charge in [-0.25, -0.2) is 5.43 Å². The van der Waals surface area contributed by atoms with E-state index in [-0.39, 0.29) is 0 Å². The van der Waals surface area contributed by atoms with Gasteiger partial charge in [0.05, 0.1) is 33.2 Å². The second-order valence-electron chi connectivity index (χ2n) is 5.83. The van der Waals surface area contributed by atoms with Crippen LogP contribution in [0.5, 0.6) is 17.2 Å². The second-order valence-corrected chi connectivity index (χ2v) is 5.83. The van der Waals surface area contributed by atoms with E-state index in [0.29, 0.717) is 34.2 Å². The Balaban J connectivity index is 1.72. The summed E-state index contributed by atoms with van der Waals surface area (Å²) in [6.45, 7) is 0. The molecule has 0 unspecified atom stereocenters. The average molecular weight is 383 g/mol. The van der Waals surface area contributed by atoms with Gasteiger partial charge in [0.2, 0.25) is 5.75 Å². The molecule has 0 spiro atoms. The lowest BCUT2D eigenvalue weighted by molar-refractivity contribution is 0.0950. The third kappa shape index (κ3) is 3.83. The number of nitrogens with one attached hydrogen (secondary N) is 2. The molecule has 0 aliphatic heterocycles. The Morgan fingerprint density at radius 2 is 1.89 bits per heavy atom. The Kier molecular flexibility index (Phi) is 5.64. The molecule has 9 nitrogen and oxygen atoms in total. The number of rotatable bonds is 7. The first-order chi connectivity index (χ1) is 13.6. The predicted molar refractivity (Wildman–Crippen MR) is 104 cm³/mol. The van der Waals surface area contributed by atoms with Gasteiger partial charge in [0, 0.05) is 18.8 Å². The predicted octanol–water partition coefficient (Wildman–Crippen LogP) is 2.20. The van der Waals surface area contributed by atoms with Crippen LogP contribution < -0.4 is 19.6 Å². The normalized spacial score (nSPS) is 10.9. The molecule has 3 aromatic rings. The molecule has 1 amide bonds. The van der Waals surface area contributed by atoms with Gasteiger partial charge in [-0.05, 0) is 30.3 Å². The van der Waals surface area contributed by atoms with Gasteiger partial charge in [-0.1, -0.05) is 0 Å². The maximum atomic E-state index is 12.3. The number of methoxy groups -OCH3 is 3. The Labute approximate surface area is 161 Å². The molecule has 146 valence electrons. The van der Waals surface area contributed by atoms with Crippen molar-refractivity contribution in [3.63, 3.8) is 0 Å². The molecule has 0 radical (unpaired) electrons. The molecule has 2 N–H and O–H groups in total. The highest BCUT2D eigenvalue weighted by Crippen LogP contribution is 2.37. The number of aromatic nitrogens is 3. The Hall–Kier alpha value is -3.75. The molecule has 2 heterocycles. The first kappa shape index (κ1) is 19.0. The summed E-state index contributed by atoms with van der Waals surface area (Å²) in [4.78, 5) is 12.3. The molecular weight excluding hydrogens is 362 g/mol. The van der Waals surface area contributed by atoms with Gasteiger partial charge in [0.1, 0.15) is 11.4 Å². The van der Waals surface area contributed by atoms with E-state index in [1.165, 1.54) is 27.5 Å². The van der Waals surface area contributed by atoms with Crippen molar-refractivity contribution in [2.75, 3.05) is 21.3 Å². The fraction of sp³-hybridized carbons (Fsp3) is 0.211. The van der Waals surface area contributed by atoms with E-state index < -0.39 is 5.91 Å². The Morgan fingerprint density at radius 1 is 1.18 bits per heavy atom. The number of aryl methyl sites for hydroxylation is 1. The third-order valence-electron chi connectivity index (χ3n) is 4.10. The van der Waals surface area contributed by atoms with Crippen LogP contribution >= 0.6 is 0 Å². The average Bonchev–Trinajstić information content (AvgIpc) is 3.35. The molecule has 2 aromatic heterocycles. The number of hydrogen-bond acceptors (Lipinski definition) is 6. The summed E-state index contributed by atoms with van der Waals surface area (Å²) >= 11 is 0. The van der Waals surface area contributed by atoms with Gasteiger partial charge in [-0.2, -0.15) is 10.2 Å². The number of benzene rings is 1. The van der Waals surface area contributed by atoms with Gasteiger partial charge in [-0.15, -0.1) is 0 Å². The van der Waals surface area contributed by atoms with Crippen molar-refractivity contribution in [1.82, 2.24) is 20.2 Å². The van der Waals surface area contributed by atoms with Crippen LogP contribution in [-0.4, -0.2) is 48.2 Å². The van der Waals surface area contributed by atoms with E-state index in [9.17, 15) is 4.79 Å². The molecule has 0 bridgehead atoms. The van der Waals surface area contributed by atoms with Crippen molar-refractivity contribution in [1.29, 1.82) is 0 Å². The molecule has 0 atom stereocenters. The number of carbonyl (C=O) groups excluding carboxylic acids is 1. The summed E-state index contributed by atoms with van der Waals surface area (Å²) in [5.74, 6) is 1.07. The van der Waals surface area contributed by atoms with Crippen LogP contribution in [0.3, 0.4) is 0 Å². The van der Waals surface area contributed by atoms with E-state index in [0.717, 1.165) is 5.69 Å². The van der Waals surface area contributed by atoms with Crippen molar-refractivity contribution in [2.45, 2.75) is 0 Å². The van der Waals surface area contributed by atoms with Crippen LogP contribution in [0.1, 0.15) is 16.1 Å². The van der Waals surface area contributed by atoms with Crippen LogP contribution in [0.2, 0.25) is 0 Å². The van der Waals surface area contributed by atoms with Gasteiger partial charge < -0.3 is 18.8 Å². The minimum Gasteiger partial charge on any atom is -0.493 e. The number of hydrazone groups is 1. The molecule has 3 rings (SSSR count). The second kappa shape index (κ2) is 8.30. The quantitative estimate of drug-likeness (QED) is 0.481. The highest BCUT2D eigenvalue weighted by molar-refractivity contribution is 5.94.